The van der Waals surface area contributed by atoms with E-state index in [4.69, 9.17) is 0 Å². The van der Waals surface area contributed by atoms with E-state index in [-0.39, 0.29) is 6.04 Å². The van der Waals surface area contributed by atoms with Gasteiger partial charge in [-0.15, -0.1) is 22.7 Å². The summed E-state index contributed by atoms with van der Waals surface area (Å²) >= 11 is 3.42. The molecule has 3 rings (SSSR count). The van der Waals surface area contributed by atoms with Gasteiger partial charge in [-0.1, -0.05) is 36.4 Å². The minimum atomic E-state index is 0.239. The summed E-state index contributed by atoms with van der Waals surface area (Å²) in [7, 11) is 0. The van der Waals surface area contributed by atoms with E-state index in [2.05, 4.69) is 63.5 Å². The Morgan fingerprint density at radius 2 is 2.00 bits per heavy atom. The Bertz CT molecular complexity index is 588. The van der Waals surface area contributed by atoms with Crippen LogP contribution in [0.4, 0.5) is 0 Å². The van der Waals surface area contributed by atoms with E-state index in [9.17, 15) is 0 Å². The smallest absolute Gasteiger partial charge is 0.0795 e. The van der Waals surface area contributed by atoms with E-state index < -0.39 is 0 Å². The van der Waals surface area contributed by atoms with Gasteiger partial charge in [0.2, 0.25) is 0 Å². The predicted molar refractivity (Wildman–Crippen MR) is 81.6 cm³/mol. The van der Waals surface area contributed by atoms with Gasteiger partial charge < -0.3 is 0 Å². The number of thiophene rings is 1. The molecule has 1 unspecified atom stereocenters. The van der Waals surface area contributed by atoms with Crippen LogP contribution in [0.5, 0.6) is 0 Å². The second-order valence-corrected chi connectivity index (χ2v) is 5.92. The van der Waals surface area contributed by atoms with Gasteiger partial charge in [0.15, 0.2) is 0 Å². The van der Waals surface area contributed by atoms with E-state index in [1.807, 2.05) is 5.51 Å². The largest absolute Gasteiger partial charge is 0.300 e. The highest BCUT2D eigenvalue weighted by molar-refractivity contribution is 7.10. The highest BCUT2D eigenvalue weighted by Crippen LogP contribution is 2.26. The van der Waals surface area contributed by atoms with Gasteiger partial charge in [0.25, 0.3) is 0 Å². The Kier molecular flexibility index (Phi) is 4.03. The van der Waals surface area contributed by atoms with Crippen LogP contribution >= 0.6 is 22.7 Å². The van der Waals surface area contributed by atoms with Crippen LogP contribution < -0.4 is 5.32 Å². The molecule has 0 aliphatic heterocycles. The average molecular weight is 286 g/mol. The third kappa shape index (κ3) is 3.10. The van der Waals surface area contributed by atoms with Crippen molar-refractivity contribution in [3.63, 3.8) is 0 Å². The molecule has 96 valence electrons. The third-order valence-corrected chi connectivity index (χ3v) is 4.50. The number of hydrogen-bond acceptors (Lipinski definition) is 4. The molecular formula is C15H14N2S2. The second kappa shape index (κ2) is 6.10. The Balaban J connectivity index is 1.81. The molecule has 19 heavy (non-hydrogen) atoms. The molecule has 2 nitrogen and oxygen atoms in total. The standard InChI is InChI=1S/C15H14N2S2/c1-2-5-12(6-3-1)15(14-7-4-8-19-14)16-9-13-10-18-11-17-13/h1-8,10-11,15-16H,9H2. The molecule has 1 N–H and O–H groups in total. The SMILES string of the molecule is c1ccc(C(NCc2cscn2)c2cccs2)cc1. The number of nitrogens with zero attached hydrogens (tertiary/aromatic N) is 1. The molecule has 0 saturated carbocycles. The molecule has 2 heterocycles. The van der Waals surface area contributed by atoms with Crippen molar-refractivity contribution in [2.45, 2.75) is 12.6 Å². The normalized spacial score (nSPS) is 12.4. The quantitative estimate of drug-likeness (QED) is 0.764. The van der Waals surface area contributed by atoms with Crippen LogP contribution in [0.15, 0.2) is 58.7 Å². The molecule has 2 aromatic heterocycles. The van der Waals surface area contributed by atoms with Gasteiger partial charge in [0.1, 0.15) is 0 Å². The lowest BCUT2D eigenvalue weighted by Crippen LogP contribution is -2.21. The topological polar surface area (TPSA) is 24.9 Å². The molecule has 4 heteroatoms. The van der Waals surface area contributed by atoms with Crippen LogP contribution in [0.1, 0.15) is 22.2 Å². The van der Waals surface area contributed by atoms with E-state index >= 15 is 0 Å². The molecular weight excluding hydrogens is 272 g/mol. The van der Waals surface area contributed by atoms with Crippen molar-refractivity contribution in [2.24, 2.45) is 0 Å². The summed E-state index contributed by atoms with van der Waals surface area (Å²) in [5, 5.41) is 7.80. The molecule has 0 radical (unpaired) electrons. The first-order valence-corrected chi connectivity index (χ1v) is 7.94. The summed E-state index contributed by atoms with van der Waals surface area (Å²) in [6.45, 7) is 0.793. The van der Waals surface area contributed by atoms with Crippen LogP contribution in [-0.2, 0) is 6.54 Å². The second-order valence-electron chi connectivity index (χ2n) is 4.22. The summed E-state index contributed by atoms with van der Waals surface area (Å²) in [5.41, 5.74) is 4.27. The monoisotopic (exact) mass is 286 g/mol. The molecule has 0 bridgehead atoms. The molecule has 1 aromatic carbocycles. The Hall–Kier alpha value is -1.49. The van der Waals surface area contributed by atoms with Crippen molar-refractivity contribution in [1.29, 1.82) is 0 Å². The number of aromatic nitrogens is 1. The molecule has 3 aromatic rings. The fraction of sp³-hybridized carbons (Fsp3) is 0.133. The predicted octanol–water partition coefficient (Wildman–Crippen LogP) is 4.08. The van der Waals surface area contributed by atoms with Crippen molar-refractivity contribution in [2.75, 3.05) is 0 Å². The molecule has 0 aliphatic rings. The summed E-state index contributed by atoms with van der Waals surface area (Å²) in [6.07, 6.45) is 0. The van der Waals surface area contributed by atoms with Crippen LogP contribution in [0.25, 0.3) is 0 Å². The lowest BCUT2D eigenvalue weighted by atomic mass is 10.1. The lowest BCUT2D eigenvalue weighted by Gasteiger charge is -2.17. The maximum atomic E-state index is 4.32. The summed E-state index contributed by atoms with van der Waals surface area (Å²) < 4.78 is 0. The van der Waals surface area contributed by atoms with Crippen molar-refractivity contribution in [3.8, 4) is 0 Å². The van der Waals surface area contributed by atoms with Gasteiger partial charge in [-0.2, -0.15) is 0 Å². The van der Waals surface area contributed by atoms with Crippen molar-refractivity contribution >= 4 is 22.7 Å². The minimum Gasteiger partial charge on any atom is -0.300 e. The van der Waals surface area contributed by atoms with E-state index in [1.165, 1.54) is 10.4 Å². The fourth-order valence-corrected chi connectivity index (χ4v) is 3.40. The Morgan fingerprint density at radius 3 is 2.68 bits per heavy atom. The molecule has 0 fully saturated rings. The number of nitrogens with one attached hydrogen (secondary N) is 1. The number of hydrogen-bond donors (Lipinski definition) is 1. The van der Waals surface area contributed by atoms with Gasteiger partial charge in [0, 0.05) is 16.8 Å². The van der Waals surface area contributed by atoms with E-state index in [1.54, 1.807) is 22.7 Å². The Labute approximate surface area is 120 Å². The summed E-state index contributed by atoms with van der Waals surface area (Å²) in [5.74, 6) is 0. The van der Waals surface area contributed by atoms with Crippen molar-refractivity contribution < 1.29 is 0 Å². The van der Waals surface area contributed by atoms with Crippen LogP contribution in [0.3, 0.4) is 0 Å². The van der Waals surface area contributed by atoms with Gasteiger partial charge in [-0.3, -0.25) is 5.32 Å². The van der Waals surface area contributed by atoms with Crippen LogP contribution in [-0.4, -0.2) is 4.98 Å². The first-order chi connectivity index (χ1) is 9.43. The number of thiazole rings is 1. The van der Waals surface area contributed by atoms with Gasteiger partial charge >= 0.3 is 0 Å². The van der Waals surface area contributed by atoms with Gasteiger partial charge in [-0.25, -0.2) is 4.98 Å². The Morgan fingerprint density at radius 1 is 1.11 bits per heavy atom. The fourth-order valence-electron chi connectivity index (χ4n) is 2.02. The number of benzene rings is 1. The first-order valence-electron chi connectivity index (χ1n) is 6.12. The first kappa shape index (κ1) is 12.5. The molecule has 0 saturated heterocycles. The summed E-state index contributed by atoms with van der Waals surface area (Å²) in [6, 6.07) is 15.1. The van der Waals surface area contributed by atoms with Crippen molar-refractivity contribution in [1.82, 2.24) is 10.3 Å². The van der Waals surface area contributed by atoms with Gasteiger partial charge in [0.05, 0.1) is 17.2 Å². The maximum absolute atomic E-state index is 4.32. The zero-order valence-electron chi connectivity index (χ0n) is 10.3. The molecule has 0 spiro atoms. The highest BCUT2D eigenvalue weighted by Gasteiger charge is 2.14. The maximum Gasteiger partial charge on any atom is 0.0795 e. The van der Waals surface area contributed by atoms with Crippen molar-refractivity contribution in [3.05, 3.63) is 74.9 Å². The molecule has 1 atom stereocenters. The molecule has 0 amide bonds. The summed E-state index contributed by atoms with van der Waals surface area (Å²) in [4.78, 5) is 5.66. The van der Waals surface area contributed by atoms with Crippen LogP contribution in [0.2, 0.25) is 0 Å². The lowest BCUT2D eigenvalue weighted by molar-refractivity contribution is 0.606. The minimum absolute atomic E-state index is 0.239. The van der Waals surface area contributed by atoms with Gasteiger partial charge in [-0.05, 0) is 17.0 Å². The average Bonchev–Trinajstić information content (AvgIpc) is 3.13. The number of rotatable bonds is 5. The molecule has 0 aliphatic carbocycles. The van der Waals surface area contributed by atoms with E-state index in [0.29, 0.717) is 0 Å². The zero-order chi connectivity index (χ0) is 12.9. The zero-order valence-corrected chi connectivity index (χ0v) is 12.0. The highest BCUT2D eigenvalue weighted by atomic mass is 32.1. The third-order valence-electron chi connectivity index (χ3n) is 2.93. The van der Waals surface area contributed by atoms with E-state index in [0.717, 1.165) is 12.2 Å². The van der Waals surface area contributed by atoms with Crippen LogP contribution in [0, 0.1) is 0 Å².